The maximum atomic E-state index is 11.9. The van der Waals surface area contributed by atoms with Crippen molar-refractivity contribution in [1.29, 1.82) is 5.26 Å². The average molecular weight is 234 g/mol. The van der Waals surface area contributed by atoms with Gasteiger partial charge in [0.05, 0.1) is 6.04 Å². The molecule has 90 valence electrons. The Bertz CT molecular complexity index is 573. The molecule has 1 aliphatic rings. The van der Waals surface area contributed by atoms with Gasteiger partial charge in [0.25, 0.3) is 5.56 Å². The monoisotopic (exact) mass is 234 g/mol. The van der Waals surface area contributed by atoms with Crippen LogP contribution in [0, 0.1) is 11.3 Å². The Morgan fingerprint density at radius 1 is 1.53 bits per heavy atom. The van der Waals surface area contributed by atoms with Crippen molar-refractivity contribution in [2.45, 2.75) is 18.9 Å². The third-order valence-electron chi connectivity index (χ3n) is 3.10. The second-order valence-electron chi connectivity index (χ2n) is 4.21. The highest BCUT2D eigenvalue weighted by Gasteiger charge is 2.18. The van der Waals surface area contributed by atoms with Crippen LogP contribution in [0.4, 0.5) is 0 Å². The smallest absolute Gasteiger partial charge is 0.315 e. The second-order valence-corrected chi connectivity index (χ2v) is 4.21. The Morgan fingerprint density at radius 3 is 2.88 bits per heavy atom. The number of hydrogen-bond acceptors (Lipinski definition) is 4. The third kappa shape index (κ3) is 2.01. The van der Waals surface area contributed by atoms with E-state index in [1.54, 1.807) is 0 Å². The van der Waals surface area contributed by atoms with Crippen molar-refractivity contribution in [3.8, 4) is 6.07 Å². The molecule has 1 fully saturated rings. The Labute approximate surface area is 98.1 Å². The largest absolute Gasteiger partial charge is 0.331 e. The first-order valence-corrected chi connectivity index (χ1v) is 5.58. The van der Waals surface area contributed by atoms with Crippen LogP contribution < -0.4 is 16.6 Å². The summed E-state index contributed by atoms with van der Waals surface area (Å²) in [7, 11) is 1.40. The van der Waals surface area contributed by atoms with Crippen molar-refractivity contribution >= 4 is 0 Å². The zero-order chi connectivity index (χ0) is 12.4. The third-order valence-corrected chi connectivity index (χ3v) is 3.10. The van der Waals surface area contributed by atoms with Gasteiger partial charge in [-0.2, -0.15) is 5.26 Å². The van der Waals surface area contributed by atoms with Crippen molar-refractivity contribution in [3.63, 3.8) is 0 Å². The number of aromatic nitrogens is 2. The number of rotatable bonds is 1. The highest BCUT2D eigenvalue weighted by Crippen LogP contribution is 2.13. The van der Waals surface area contributed by atoms with Crippen LogP contribution in [-0.4, -0.2) is 22.2 Å². The standard InChI is InChI=1S/C11H14N4O2/c1-14-10(16)8(5-12)7-15(11(14)17)9-3-2-4-13-6-9/h7,9,13H,2-4,6H2,1H3/t9-/m1/s1. The summed E-state index contributed by atoms with van der Waals surface area (Å²) in [5.74, 6) is 0. The predicted octanol–water partition coefficient (Wildman–Crippen LogP) is -0.657. The van der Waals surface area contributed by atoms with Gasteiger partial charge in [0.2, 0.25) is 0 Å². The summed E-state index contributed by atoms with van der Waals surface area (Å²) in [5, 5.41) is 12.1. The summed E-state index contributed by atoms with van der Waals surface area (Å²) >= 11 is 0. The molecule has 6 nitrogen and oxygen atoms in total. The number of hydrogen-bond donors (Lipinski definition) is 1. The Kier molecular flexibility index (Phi) is 3.11. The van der Waals surface area contributed by atoms with Crippen LogP contribution in [0.25, 0.3) is 0 Å². The Hall–Kier alpha value is -1.87. The van der Waals surface area contributed by atoms with Crippen molar-refractivity contribution in [1.82, 2.24) is 14.5 Å². The molecule has 17 heavy (non-hydrogen) atoms. The van der Waals surface area contributed by atoms with Gasteiger partial charge < -0.3 is 5.32 Å². The van der Waals surface area contributed by atoms with E-state index in [9.17, 15) is 9.59 Å². The van der Waals surface area contributed by atoms with Crippen LogP contribution in [0.5, 0.6) is 0 Å². The molecular weight excluding hydrogens is 220 g/mol. The van der Waals surface area contributed by atoms with Crippen LogP contribution in [-0.2, 0) is 7.05 Å². The topological polar surface area (TPSA) is 79.8 Å². The van der Waals surface area contributed by atoms with Gasteiger partial charge in [-0.3, -0.25) is 13.9 Å². The molecule has 2 rings (SSSR count). The molecule has 0 spiro atoms. The van der Waals surface area contributed by atoms with E-state index >= 15 is 0 Å². The molecule has 0 aromatic carbocycles. The number of nitrogens with zero attached hydrogens (tertiary/aromatic N) is 3. The molecule has 1 saturated heterocycles. The minimum atomic E-state index is -0.530. The molecule has 2 heterocycles. The Balaban J connectivity index is 2.54. The van der Waals surface area contributed by atoms with E-state index in [0.29, 0.717) is 6.54 Å². The Morgan fingerprint density at radius 2 is 2.29 bits per heavy atom. The normalized spacial score (nSPS) is 19.9. The number of nitriles is 1. The highest BCUT2D eigenvalue weighted by atomic mass is 16.2. The SMILES string of the molecule is Cn1c(=O)c(C#N)cn([C@@H]2CCCNC2)c1=O. The van der Waals surface area contributed by atoms with Gasteiger partial charge in [0.1, 0.15) is 11.6 Å². The van der Waals surface area contributed by atoms with Gasteiger partial charge in [0, 0.05) is 19.8 Å². The second kappa shape index (κ2) is 4.55. The molecule has 0 radical (unpaired) electrons. The minimum absolute atomic E-state index is 0.0117. The van der Waals surface area contributed by atoms with Gasteiger partial charge in [-0.05, 0) is 19.4 Å². The van der Waals surface area contributed by atoms with Crippen molar-refractivity contribution < 1.29 is 0 Å². The highest BCUT2D eigenvalue weighted by molar-refractivity contribution is 5.22. The van der Waals surface area contributed by atoms with E-state index in [4.69, 9.17) is 5.26 Å². The molecule has 0 amide bonds. The van der Waals surface area contributed by atoms with Crippen LogP contribution in [0.3, 0.4) is 0 Å². The van der Waals surface area contributed by atoms with E-state index < -0.39 is 5.56 Å². The van der Waals surface area contributed by atoms with Gasteiger partial charge >= 0.3 is 5.69 Å². The lowest BCUT2D eigenvalue weighted by molar-refractivity contribution is 0.354. The van der Waals surface area contributed by atoms with Crippen molar-refractivity contribution in [2.24, 2.45) is 7.05 Å². The minimum Gasteiger partial charge on any atom is -0.315 e. The molecule has 1 aliphatic heterocycles. The van der Waals surface area contributed by atoms with Gasteiger partial charge in [-0.15, -0.1) is 0 Å². The molecule has 1 N–H and O–H groups in total. The summed E-state index contributed by atoms with van der Waals surface area (Å²) in [6.07, 6.45) is 3.25. The zero-order valence-corrected chi connectivity index (χ0v) is 9.64. The van der Waals surface area contributed by atoms with Crippen LogP contribution in [0.15, 0.2) is 15.8 Å². The first-order valence-electron chi connectivity index (χ1n) is 5.58. The number of piperidine rings is 1. The number of nitrogens with one attached hydrogen (secondary N) is 1. The van der Waals surface area contributed by atoms with Crippen LogP contribution >= 0.6 is 0 Å². The predicted molar refractivity (Wildman–Crippen MR) is 61.8 cm³/mol. The van der Waals surface area contributed by atoms with Gasteiger partial charge in [-0.1, -0.05) is 0 Å². The average Bonchev–Trinajstić information content (AvgIpc) is 2.37. The van der Waals surface area contributed by atoms with Gasteiger partial charge in [-0.25, -0.2) is 4.79 Å². The molecular formula is C11H14N4O2. The molecule has 6 heteroatoms. The van der Waals surface area contributed by atoms with E-state index in [0.717, 1.165) is 24.0 Å². The lowest BCUT2D eigenvalue weighted by Gasteiger charge is -2.25. The molecule has 0 saturated carbocycles. The fraction of sp³-hybridized carbons (Fsp3) is 0.545. The summed E-state index contributed by atoms with van der Waals surface area (Å²) in [6.45, 7) is 1.64. The van der Waals surface area contributed by atoms with Crippen molar-refractivity contribution in [2.75, 3.05) is 13.1 Å². The van der Waals surface area contributed by atoms with Crippen LogP contribution in [0.2, 0.25) is 0 Å². The quantitative estimate of drug-likeness (QED) is 0.699. The van der Waals surface area contributed by atoms with E-state index in [1.807, 2.05) is 6.07 Å². The zero-order valence-electron chi connectivity index (χ0n) is 9.64. The molecule has 1 aromatic heterocycles. The first kappa shape index (κ1) is 11.6. The summed E-state index contributed by atoms with van der Waals surface area (Å²) in [4.78, 5) is 23.5. The van der Waals surface area contributed by atoms with E-state index in [1.165, 1.54) is 17.8 Å². The van der Waals surface area contributed by atoms with E-state index in [2.05, 4.69) is 5.32 Å². The molecule has 0 bridgehead atoms. The molecule has 0 unspecified atom stereocenters. The molecule has 1 atom stereocenters. The first-order chi connectivity index (χ1) is 8.15. The van der Waals surface area contributed by atoms with Crippen LogP contribution in [0.1, 0.15) is 24.4 Å². The fourth-order valence-electron chi connectivity index (χ4n) is 2.10. The van der Waals surface area contributed by atoms with Gasteiger partial charge in [0.15, 0.2) is 0 Å². The summed E-state index contributed by atoms with van der Waals surface area (Å²) in [5.41, 5.74) is -0.877. The molecule has 1 aromatic rings. The lowest BCUT2D eigenvalue weighted by Crippen LogP contribution is -2.44. The maximum absolute atomic E-state index is 11.9. The van der Waals surface area contributed by atoms with E-state index in [-0.39, 0.29) is 17.3 Å². The lowest BCUT2D eigenvalue weighted by atomic mass is 10.1. The summed E-state index contributed by atoms with van der Waals surface area (Å²) in [6, 6.07) is 1.85. The summed E-state index contributed by atoms with van der Waals surface area (Å²) < 4.78 is 2.49. The maximum Gasteiger partial charge on any atom is 0.331 e. The fourth-order valence-corrected chi connectivity index (χ4v) is 2.10. The molecule has 0 aliphatic carbocycles. The van der Waals surface area contributed by atoms with Crippen molar-refractivity contribution in [3.05, 3.63) is 32.6 Å².